The molecule has 104 valence electrons. The Balaban J connectivity index is 2.18. The Kier molecular flexibility index (Phi) is 4.51. The molecule has 0 aliphatic heterocycles. The lowest BCUT2D eigenvalue weighted by Gasteiger charge is -2.26. The van der Waals surface area contributed by atoms with Crippen LogP contribution in [0.5, 0.6) is 5.75 Å². The Morgan fingerprint density at radius 1 is 1.32 bits per heavy atom. The molecule has 0 aromatic heterocycles. The fourth-order valence-electron chi connectivity index (χ4n) is 2.76. The lowest BCUT2D eigenvalue weighted by atomic mass is 9.78. The summed E-state index contributed by atoms with van der Waals surface area (Å²) >= 11 is 0. The summed E-state index contributed by atoms with van der Waals surface area (Å²) in [4.78, 5) is 12.4. The maximum atomic E-state index is 12.4. The van der Waals surface area contributed by atoms with Crippen LogP contribution in [0.4, 0.5) is 8.78 Å². The molecule has 0 saturated heterocycles. The predicted octanol–water partition coefficient (Wildman–Crippen LogP) is 4.30. The van der Waals surface area contributed by atoms with Crippen molar-refractivity contribution in [2.24, 2.45) is 11.8 Å². The summed E-state index contributed by atoms with van der Waals surface area (Å²) < 4.78 is 29.1. The van der Waals surface area contributed by atoms with Gasteiger partial charge in [-0.05, 0) is 30.9 Å². The van der Waals surface area contributed by atoms with Gasteiger partial charge in [-0.25, -0.2) is 0 Å². The topological polar surface area (TPSA) is 26.3 Å². The molecule has 1 fully saturated rings. The number of ether oxygens (including phenoxy) is 1. The number of Topliss-reactive ketones (excluding diaryl/α,β-unsaturated/α-hetero) is 1. The van der Waals surface area contributed by atoms with Crippen LogP contribution in [-0.4, -0.2) is 12.4 Å². The highest BCUT2D eigenvalue weighted by Crippen LogP contribution is 2.33. The predicted molar refractivity (Wildman–Crippen MR) is 68.5 cm³/mol. The van der Waals surface area contributed by atoms with E-state index in [0.717, 1.165) is 25.7 Å². The Hall–Kier alpha value is -1.45. The fraction of sp³-hybridized carbons (Fsp3) is 0.533. The second kappa shape index (κ2) is 6.13. The van der Waals surface area contributed by atoms with E-state index >= 15 is 0 Å². The first-order chi connectivity index (χ1) is 9.08. The van der Waals surface area contributed by atoms with Gasteiger partial charge in [0.1, 0.15) is 5.75 Å². The summed E-state index contributed by atoms with van der Waals surface area (Å²) in [6.07, 6.45) is 3.84. The number of para-hydroxylation sites is 1. The lowest BCUT2D eigenvalue weighted by molar-refractivity contribution is -0.0502. The van der Waals surface area contributed by atoms with Crippen LogP contribution in [0.1, 0.15) is 43.0 Å². The van der Waals surface area contributed by atoms with Gasteiger partial charge in [0.05, 0.1) is 5.56 Å². The standard InChI is InChI=1S/C15H18F2O2/c1-10-5-4-6-11(9-10)14(18)12-7-2-3-8-13(12)19-15(16)17/h2-3,7-8,10-11,15H,4-6,9H2,1H3. The van der Waals surface area contributed by atoms with Crippen molar-refractivity contribution in [3.05, 3.63) is 29.8 Å². The third-order valence-corrected chi connectivity index (χ3v) is 3.68. The van der Waals surface area contributed by atoms with Crippen LogP contribution in [0.15, 0.2) is 24.3 Å². The Bertz CT molecular complexity index is 446. The van der Waals surface area contributed by atoms with Crippen molar-refractivity contribution >= 4 is 5.78 Å². The molecule has 2 rings (SSSR count). The molecule has 0 radical (unpaired) electrons. The summed E-state index contributed by atoms with van der Waals surface area (Å²) in [6.45, 7) is -0.777. The highest BCUT2D eigenvalue weighted by Gasteiger charge is 2.28. The van der Waals surface area contributed by atoms with E-state index in [1.54, 1.807) is 18.2 Å². The largest absolute Gasteiger partial charge is 0.434 e. The second-order valence-corrected chi connectivity index (χ2v) is 5.21. The molecule has 1 aliphatic rings. The average Bonchev–Trinajstić information content (AvgIpc) is 2.38. The minimum Gasteiger partial charge on any atom is -0.434 e. The maximum absolute atomic E-state index is 12.4. The van der Waals surface area contributed by atoms with Gasteiger partial charge in [0, 0.05) is 5.92 Å². The Morgan fingerprint density at radius 2 is 2.05 bits per heavy atom. The van der Waals surface area contributed by atoms with Crippen LogP contribution >= 0.6 is 0 Å². The maximum Gasteiger partial charge on any atom is 0.387 e. The smallest absolute Gasteiger partial charge is 0.387 e. The number of halogens is 2. The van der Waals surface area contributed by atoms with Gasteiger partial charge in [-0.2, -0.15) is 8.78 Å². The van der Waals surface area contributed by atoms with E-state index in [-0.39, 0.29) is 23.0 Å². The van der Waals surface area contributed by atoms with Gasteiger partial charge in [0.25, 0.3) is 0 Å². The highest BCUT2D eigenvalue weighted by molar-refractivity contribution is 6.00. The zero-order chi connectivity index (χ0) is 13.8. The first-order valence-electron chi connectivity index (χ1n) is 6.66. The molecule has 1 aromatic carbocycles. The molecule has 0 heterocycles. The summed E-state index contributed by atoms with van der Waals surface area (Å²) in [5, 5.41) is 0. The van der Waals surface area contributed by atoms with Crippen LogP contribution in [0, 0.1) is 11.8 Å². The molecule has 0 amide bonds. The van der Waals surface area contributed by atoms with Crippen molar-refractivity contribution in [3.8, 4) is 5.75 Å². The highest BCUT2D eigenvalue weighted by atomic mass is 19.3. The number of benzene rings is 1. The van der Waals surface area contributed by atoms with E-state index in [2.05, 4.69) is 11.7 Å². The van der Waals surface area contributed by atoms with Crippen LogP contribution in [0.2, 0.25) is 0 Å². The third kappa shape index (κ3) is 3.52. The summed E-state index contributed by atoms with van der Waals surface area (Å²) in [6, 6.07) is 6.26. The normalized spacial score (nSPS) is 23.4. The molecule has 1 aromatic rings. The molecule has 1 saturated carbocycles. The van der Waals surface area contributed by atoms with Gasteiger partial charge >= 0.3 is 6.61 Å². The quantitative estimate of drug-likeness (QED) is 0.761. The van der Waals surface area contributed by atoms with Crippen LogP contribution < -0.4 is 4.74 Å². The van der Waals surface area contributed by atoms with Gasteiger partial charge in [0.2, 0.25) is 0 Å². The second-order valence-electron chi connectivity index (χ2n) is 5.21. The van der Waals surface area contributed by atoms with E-state index in [9.17, 15) is 13.6 Å². The van der Waals surface area contributed by atoms with Gasteiger partial charge in [0.15, 0.2) is 5.78 Å². The molecule has 2 unspecified atom stereocenters. The molecule has 0 N–H and O–H groups in total. The summed E-state index contributed by atoms with van der Waals surface area (Å²) in [7, 11) is 0. The number of hydrogen-bond donors (Lipinski definition) is 0. The minimum atomic E-state index is -2.90. The molecule has 1 aliphatic carbocycles. The Morgan fingerprint density at radius 3 is 2.74 bits per heavy atom. The van der Waals surface area contributed by atoms with Crippen LogP contribution in [-0.2, 0) is 0 Å². The molecular formula is C15H18F2O2. The van der Waals surface area contributed by atoms with Crippen molar-refractivity contribution in [1.29, 1.82) is 0 Å². The fourth-order valence-corrected chi connectivity index (χ4v) is 2.76. The van der Waals surface area contributed by atoms with Gasteiger partial charge in [-0.1, -0.05) is 31.9 Å². The number of carbonyl (C=O) groups is 1. The molecule has 0 spiro atoms. The van der Waals surface area contributed by atoms with Crippen molar-refractivity contribution < 1.29 is 18.3 Å². The molecule has 0 bridgehead atoms. The number of carbonyl (C=O) groups excluding carboxylic acids is 1. The Labute approximate surface area is 111 Å². The molecule has 2 atom stereocenters. The van der Waals surface area contributed by atoms with Gasteiger partial charge in [-0.3, -0.25) is 4.79 Å². The first-order valence-corrected chi connectivity index (χ1v) is 6.66. The zero-order valence-electron chi connectivity index (χ0n) is 10.9. The van der Waals surface area contributed by atoms with Crippen molar-refractivity contribution in [1.82, 2.24) is 0 Å². The molecular weight excluding hydrogens is 250 g/mol. The van der Waals surface area contributed by atoms with Gasteiger partial charge < -0.3 is 4.74 Å². The zero-order valence-corrected chi connectivity index (χ0v) is 10.9. The van der Waals surface area contributed by atoms with E-state index in [0.29, 0.717) is 5.92 Å². The monoisotopic (exact) mass is 268 g/mol. The lowest BCUT2D eigenvalue weighted by Crippen LogP contribution is -2.22. The molecule has 4 heteroatoms. The van der Waals surface area contributed by atoms with Crippen LogP contribution in [0.3, 0.4) is 0 Å². The number of hydrogen-bond acceptors (Lipinski definition) is 2. The van der Waals surface area contributed by atoms with E-state index in [1.807, 2.05) is 0 Å². The van der Waals surface area contributed by atoms with Crippen molar-refractivity contribution in [2.75, 3.05) is 0 Å². The van der Waals surface area contributed by atoms with Crippen molar-refractivity contribution in [3.63, 3.8) is 0 Å². The number of alkyl halides is 2. The number of rotatable bonds is 4. The molecule has 2 nitrogen and oxygen atoms in total. The molecule has 19 heavy (non-hydrogen) atoms. The third-order valence-electron chi connectivity index (χ3n) is 3.68. The van der Waals surface area contributed by atoms with Gasteiger partial charge in [-0.15, -0.1) is 0 Å². The first kappa shape index (κ1) is 14.0. The summed E-state index contributed by atoms with van der Waals surface area (Å²) in [5.74, 6) is 0.376. The van der Waals surface area contributed by atoms with Crippen LogP contribution in [0.25, 0.3) is 0 Å². The summed E-state index contributed by atoms with van der Waals surface area (Å²) in [5.41, 5.74) is 0.280. The van der Waals surface area contributed by atoms with E-state index in [4.69, 9.17) is 0 Å². The SMILES string of the molecule is CC1CCCC(C(=O)c2ccccc2OC(F)F)C1. The minimum absolute atomic E-state index is 0.0132. The van der Waals surface area contributed by atoms with E-state index < -0.39 is 6.61 Å². The van der Waals surface area contributed by atoms with Crippen molar-refractivity contribution in [2.45, 2.75) is 39.2 Å². The number of ketones is 1. The van der Waals surface area contributed by atoms with E-state index in [1.165, 1.54) is 6.07 Å². The average molecular weight is 268 g/mol.